The number of rotatable bonds is 10. The second kappa shape index (κ2) is 11.5. The summed E-state index contributed by atoms with van der Waals surface area (Å²) in [4.78, 5) is 13.0. The zero-order valence-electron chi connectivity index (χ0n) is 13.5. The second-order valence-electron chi connectivity index (χ2n) is 5.29. The molecule has 0 atom stereocenters. The molecule has 0 fully saturated rings. The van der Waals surface area contributed by atoms with Gasteiger partial charge >= 0.3 is 0 Å². The van der Waals surface area contributed by atoms with Crippen molar-refractivity contribution >= 4 is 41.0 Å². The Balaban J connectivity index is 1.47. The van der Waals surface area contributed by atoms with Crippen LogP contribution in [-0.2, 0) is 10.5 Å². The first-order chi connectivity index (χ1) is 11.7. The van der Waals surface area contributed by atoms with Gasteiger partial charge in [0, 0.05) is 34.4 Å². The van der Waals surface area contributed by atoms with Crippen molar-refractivity contribution in [2.45, 2.75) is 23.5 Å². The second-order valence-corrected chi connectivity index (χ2v) is 8.00. The van der Waals surface area contributed by atoms with Gasteiger partial charge < -0.3 is 5.32 Å². The van der Waals surface area contributed by atoms with Crippen LogP contribution in [-0.4, -0.2) is 24.0 Å². The van der Waals surface area contributed by atoms with Gasteiger partial charge in [0.2, 0.25) is 5.91 Å². The Bertz CT molecular complexity index is 605. The lowest BCUT2D eigenvalue weighted by atomic mass is 10.2. The summed E-state index contributed by atoms with van der Waals surface area (Å²) in [5, 5.41) is 3.74. The van der Waals surface area contributed by atoms with E-state index in [4.69, 9.17) is 11.6 Å². The monoisotopic (exact) mass is 379 g/mol. The molecule has 2 aromatic rings. The maximum absolute atomic E-state index is 11.8. The number of hydrogen-bond donors (Lipinski definition) is 1. The third-order valence-corrected chi connectivity index (χ3v) is 5.69. The number of hydrogen-bond acceptors (Lipinski definition) is 3. The SMILES string of the molecule is O=C(CCCSc1ccc(Cl)cc1)NCCSCc1ccccc1. The van der Waals surface area contributed by atoms with Crippen molar-refractivity contribution < 1.29 is 4.79 Å². The summed E-state index contributed by atoms with van der Waals surface area (Å²) in [6.45, 7) is 0.737. The van der Waals surface area contributed by atoms with Crippen molar-refractivity contribution in [1.82, 2.24) is 5.32 Å². The van der Waals surface area contributed by atoms with Gasteiger partial charge in [-0.2, -0.15) is 11.8 Å². The van der Waals surface area contributed by atoms with E-state index in [0.29, 0.717) is 6.42 Å². The molecule has 2 nitrogen and oxygen atoms in total. The fourth-order valence-electron chi connectivity index (χ4n) is 2.07. The maximum Gasteiger partial charge on any atom is 0.220 e. The molecule has 0 aromatic heterocycles. The highest BCUT2D eigenvalue weighted by Gasteiger charge is 2.01. The van der Waals surface area contributed by atoms with E-state index >= 15 is 0 Å². The first-order valence-corrected chi connectivity index (χ1v) is 10.5. The average molecular weight is 380 g/mol. The molecule has 0 spiro atoms. The molecule has 1 amide bonds. The molecular formula is C19H22ClNOS2. The average Bonchev–Trinajstić information content (AvgIpc) is 2.61. The maximum atomic E-state index is 11.8. The molecule has 128 valence electrons. The molecule has 0 unspecified atom stereocenters. The van der Waals surface area contributed by atoms with E-state index in [0.717, 1.165) is 35.2 Å². The molecule has 0 saturated heterocycles. The lowest BCUT2D eigenvalue weighted by molar-refractivity contribution is -0.120. The molecule has 0 aliphatic heterocycles. The van der Waals surface area contributed by atoms with Gasteiger partial charge in [-0.15, -0.1) is 11.8 Å². The molecule has 0 aliphatic rings. The van der Waals surface area contributed by atoms with Crippen molar-refractivity contribution in [3.8, 4) is 0 Å². The number of carbonyl (C=O) groups is 1. The topological polar surface area (TPSA) is 29.1 Å². The summed E-state index contributed by atoms with van der Waals surface area (Å²) in [5.41, 5.74) is 1.33. The summed E-state index contributed by atoms with van der Waals surface area (Å²) in [6.07, 6.45) is 1.47. The van der Waals surface area contributed by atoms with Gasteiger partial charge in [-0.25, -0.2) is 0 Å². The lowest BCUT2D eigenvalue weighted by Crippen LogP contribution is -2.25. The van der Waals surface area contributed by atoms with Gasteiger partial charge in [-0.1, -0.05) is 41.9 Å². The predicted molar refractivity (Wildman–Crippen MR) is 107 cm³/mol. The molecule has 0 radical (unpaired) electrons. The predicted octanol–water partition coefficient (Wildman–Crippen LogP) is 5.26. The molecule has 0 bridgehead atoms. The van der Waals surface area contributed by atoms with Crippen molar-refractivity contribution in [2.75, 3.05) is 18.1 Å². The van der Waals surface area contributed by atoms with Gasteiger partial charge in [-0.05, 0) is 42.0 Å². The van der Waals surface area contributed by atoms with Crippen molar-refractivity contribution in [3.63, 3.8) is 0 Å². The fourth-order valence-corrected chi connectivity index (χ4v) is 3.87. The summed E-state index contributed by atoms with van der Waals surface area (Å²) in [5.74, 6) is 3.03. The zero-order valence-corrected chi connectivity index (χ0v) is 15.9. The van der Waals surface area contributed by atoms with E-state index in [-0.39, 0.29) is 5.91 Å². The Morgan fingerprint density at radius 3 is 2.50 bits per heavy atom. The van der Waals surface area contributed by atoms with Gasteiger partial charge in [0.15, 0.2) is 0 Å². The Hall–Kier alpha value is -1.10. The quantitative estimate of drug-likeness (QED) is 0.450. The number of benzene rings is 2. The minimum atomic E-state index is 0.145. The van der Waals surface area contributed by atoms with Gasteiger partial charge in [0.1, 0.15) is 0 Å². The smallest absolute Gasteiger partial charge is 0.220 e. The van der Waals surface area contributed by atoms with Crippen molar-refractivity contribution in [3.05, 3.63) is 65.2 Å². The first kappa shape index (κ1) is 19.2. The molecular weight excluding hydrogens is 358 g/mol. The van der Waals surface area contributed by atoms with Gasteiger partial charge in [-0.3, -0.25) is 4.79 Å². The van der Waals surface area contributed by atoms with Crippen molar-refractivity contribution in [1.29, 1.82) is 0 Å². The Labute approximate surface area is 157 Å². The highest BCUT2D eigenvalue weighted by atomic mass is 35.5. The standard InChI is InChI=1S/C19H22ClNOS2/c20-17-8-10-18(11-9-17)24-13-4-7-19(22)21-12-14-23-15-16-5-2-1-3-6-16/h1-3,5-6,8-11H,4,7,12-15H2,(H,21,22). The van der Waals surface area contributed by atoms with Crippen LogP contribution in [0.4, 0.5) is 0 Å². The van der Waals surface area contributed by atoms with E-state index < -0.39 is 0 Å². The summed E-state index contributed by atoms with van der Waals surface area (Å²) in [6, 6.07) is 18.2. The van der Waals surface area contributed by atoms with E-state index in [9.17, 15) is 4.79 Å². The summed E-state index contributed by atoms with van der Waals surface area (Å²) in [7, 11) is 0. The lowest BCUT2D eigenvalue weighted by Gasteiger charge is -2.06. The molecule has 24 heavy (non-hydrogen) atoms. The zero-order chi connectivity index (χ0) is 17.0. The fraction of sp³-hybridized carbons (Fsp3) is 0.316. The largest absolute Gasteiger partial charge is 0.355 e. The highest BCUT2D eigenvalue weighted by molar-refractivity contribution is 7.99. The molecule has 2 rings (SSSR count). The molecule has 5 heteroatoms. The molecule has 0 heterocycles. The van der Waals surface area contributed by atoms with Crippen LogP contribution in [0.15, 0.2) is 59.5 Å². The minimum absolute atomic E-state index is 0.145. The summed E-state index contributed by atoms with van der Waals surface area (Å²) >= 11 is 9.46. The van der Waals surface area contributed by atoms with Gasteiger partial charge in [0.25, 0.3) is 0 Å². The van der Waals surface area contributed by atoms with Crippen LogP contribution in [0, 0.1) is 0 Å². The number of thioether (sulfide) groups is 2. The first-order valence-electron chi connectivity index (χ1n) is 8.01. The van der Waals surface area contributed by atoms with Crippen LogP contribution in [0.2, 0.25) is 5.02 Å². The van der Waals surface area contributed by atoms with E-state index in [1.807, 2.05) is 42.1 Å². The number of carbonyl (C=O) groups excluding carboxylic acids is 1. The number of amides is 1. The van der Waals surface area contributed by atoms with E-state index in [2.05, 4.69) is 29.6 Å². The van der Waals surface area contributed by atoms with Crippen molar-refractivity contribution in [2.24, 2.45) is 0 Å². The highest BCUT2D eigenvalue weighted by Crippen LogP contribution is 2.21. The van der Waals surface area contributed by atoms with Crippen LogP contribution in [0.3, 0.4) is 0 Å². The van der Waals surface area contributed by atoms with E-state index in [1.54, 1.807) is 11.8 Å². The van der Waals surface area contributed by atoms with Crippen LogP contribution in [0.1, 0.15) is 18.4 Å². The normalized spacial score (nSPS) is 10.5. The van der Waals surface area contributed by atoms with Crippen LogP contribution < -0.4 is 5.32 Å². The molecule has 2 aromatic carbocycles. The molecule has 0 aliphatic carbocycles. The van der Waals surface area contributed by atoms with Crippen LogP contribution in [0.25, 0.3) is 0 Å². The number of nitrogens with one attached hydrogen (secondary N) is 1. The van der Waals surface area contributed by atoms with Gasteiger partial charge in [0.05, 0.1) is 0 Å². The number of halogens is 1. The van der Waals surface area contributed by atoms with E-state index in [1.165, 1.54) is 10.5 Å². The Morgan fingerprint density at radius 1 is 1.00 bits per heavy atom. The van der Waals surface area contributed by atoms with Crippen LogP contribution >= 0.6 is 35.1 Å². The third-order valence-electron chi connectivity index (χ3n) is 3.31. The third kappa shape index (κ3) is 8.13. The summed E-state index contributed by atoms with van der Waals surface area (Å²) < 4.78 is 0. The Kier molecular flexibility index (Phi) is 9.18. The molecule has 1 N–H and O–H groups in total. The Morgan fingerprint density at radius 2 is 1.75 bits per heavy atom. The molecule has 0 saturated carbocycles. The minimum Gasteiger partial charge on any atom is -0.355 e. The van der Waals surface area contributed by atoms with Crippen LogP contribution in [0.5, 0.6) is 0 Å².